The molecule has 0 aliphatic carbocycles. The second-order valence-electron chi connectivity index (χ2n) is 18.0. The van der Waals surface area contributed by atoms with Crippen molar-refractivity contribution in [3.05, 3.63) is 273 Å². The quantitative estimate of drug-likeness (QED) is 0.138. The topological polar surface area (TPSA) is 3.24 Å². The zero-order valence-corrected chi connectivity index (χ0v) is 37.9. The van der Waals surface area contributed by atoms with E-state index in [4.69, 9.17) is 0 Å². The molecule has 0 aliphatic rings. The Labute approximate surface area is 402 Å². The molecule has 0 heterocycles. The standard InChI is InChI=1S/C68H45N/c1-3-18-50(19-4-1)67-64-27-12-11-26-62(64)63-43-37-54(45-65(63)68(67)51-20-5-2-6-21-51)61-25-13-14-29-66(61)69(56-40-34-49(35-41-56)59-28-15-22-47-16-7-9-23-57(47)59)55-38-32-46(33-39-55)52-36-42-60-53(44-52)31-30-48-17-8-10-24-58(48)60/h1-45H. The minimum atomic E-state index is 1.08. The van der Waals surface area contributed by atoms with Gasteiger partial charge in [-0.3, -0.25) is 0 Å². The highest BCUT2D eigenvalue weighted by Crippen LogP contribution is 2.48. The highest BCUT2D eigenvalue weighted by molar-refractivity contribution is 6.22. The van der Waals surface area contributed by atoms with E-state index in [-0.39, 0.29) is 0 Å². The van der Waals surface area contributed by atoms with Gasteiger partial charge in [0.25, 0.3) is 0 Å². The summed E-state index contributed by atoms with van der Waals surface area (Å²) < 4.78 is 0. The Morgan fingerprint density at radius 3 is 1.39 bits per heavy atom. The lowest BCUT2D eigenvalue weighted by Gasteiger charge is -2.28. The first kappa shape index (κ1) is 40.3. The van der Waals surface area contributed by atoms with Crippen molar-refractivity contribution in [3.8, 4) is 55.6 Å². The van der Waals surface area contributed by atoms with Crippen LogP contribution in [-0.2, 0) is 0 Å². The van der Waals surface area contributed by atoms with Crippen molar-refractivity contribution in [1.82, 2.24) is 0 Å². The largest absolute Gasteiger partial charge is 0.310 e. The maximum absolute atomic E-state index is 2.43. The lowest BCUT2D eigenvalue weighted by molar-refractivity contribution is 1.28. The summed E-state index contributed by atoms with van der Waals surface area (Å²) in [4.78, 5) is 2.43. The molecule has 0 N–H and O–H groups in total. The van der Waals surface area contributed by atoms with E-state index in [1.165, 1.54) is 98.4 Å². The summed E-state index contributed by atoms with van der Waals surface area (Å²) in [6.45, 7) is 0. The predicted octanol–water partition coefficient (Wildman–Crippen LogP) is 19.3. The first-order chi connectivity index (χ1) is 34.2. The van der Waals surface area contributed by atoms with Crippen molar-refractivity contribution in [2.45, 2.75) is 0 Å². The van der Waals surface area contributed by atoms with Crippen LogP contribution < -0.4 is 4.90 Å². The highest BCUT2D eigenvalue weighted by Gasteiger charge is 2.21. The molecule has 13 aromatic rings. The van der Waals surface area contributed by atoms with Gasteiger partial charge >= 0.3 is 0 Å². The maximum Gasteiger partial charge on any atom is 0.0540 e. The number of anilines is 3. The Hall–Kier alpha value is -9.04. The van der Waals surface area contributed by atoms with Crippen LogP contribution in [0.25, 0.3) is 109 Å². The molecule has 13 aromatic carbocycles. The molecule has 0 atom stereocenters. The van der Waals surface area contributed by atoms with Crippen LogP contribution in [0.2, 0.25) is 0 Å². The summed E-state index contributed by atoms with van der Waals surface area (Å²) in [6, 6.07) is 100. The normalized spacial score (nSPS) is 11.5. The SMILES string of the molecule is c1ccc(-c2c(-c3ccccc3)c3cc(-c4ccccc4N(c4ccc(-c5ccc6c(ccc7ccccc76)c5)cc4)c4ccc(-c5cccc6ccccc56)cc4)ccc3c3ccccc23)cc1. The number of benzene rings is 13. The Kier molecular flexibility index (Phi) is 9.91. The summed E-state index contributed by atoms with van der Waals surface area (Å²) in [5.41, 5.74) is 15.3. The Balaban J connectivity index is 0.985. The van der Waals surface area contributed by atoms with Crippen molar-refractivity contribution in [1.29, 1.82) is 0 Å². The van der Waals surface area contributed by atoms with Crippen LogP contribution >= 0.6 is 0 Å². The van der Waals surface area contributed by atoms with Crippen molar-refractivity contribution < 1.29 is 0 Å². The van der Waals surface area contributed by atoms with Crippen LogP contribution in [-0.4, -0.2) is 0 Å². The third kappa shape index (κ3) is 7.12. The molecule has 1 nitrogen and oxygen atoms in total. The van der Waals surface area contributed by atoms with E-state index in [2.05, 4.69) is 278 Å². The summed E-state index contributed by atoms with van der Waals surface area (Å²) in [5.74, 6) is 0. The zero-order valence-electron chi connectivity index (χ0n) is 37.9. The van der Waals surface area contributed by atoms with Gasteiger partial charge in [0, 0.05) is 16.9 Å². The van der Waals surface area contributed by atoms with Crippen molar-refractivity contribution >= 4 is 70.9 Å². The molecule has 69 heavy (non-hydrogen) atoms. The van der Waals surface area contributed by atoms with Gasteiger partial charge in [0.2, 0.25) is 0 Å². The smallest absolute Gasteiger partial charge is 0.0540 e. The molecule has 0 fully saturated rings. The lowest BCUT2D eigenvalue weighted by atomic mass is 9.84. The van der Waals surface area contributed by atoms with E-state index in [0.29, 0.717) is 0 Å². The number of rotatable bonds is 8. The van der Waals surface area contributed by atoms with Crippen LogP contribution in [0.3, 0.4) is 0 Å². The van der Waals surface area contributed by atoms with E-state index in [1.54, 1.807) is 0 Å². The molecule has 0 unspecified atom stereocenters. The number of para-hydroxylation sites is 1. The van der Waals surface area contributed by atoms with Gasteiger partial charge < -0.3 is 4.90 Å². The molecule has 13 rings (SSSR count). The van der Waals surface area contributed by atoms with Crippen LogP contribution in [0, 0.1) is 0 Å². The van der Waals surface area contributed by atoms with Crippen molar-refractivity contribution in [2.24, 2.45) is 0 Å². The Morgan fingerprint density at radius 1 is 0.203 bits per heavy atom. The summed E-state index contributed by atoms with van der Waals surface area (Å²) >= 11 is 0. The first-order valence-electron chi connectivity index (χ1n) is 23.8. The molecule has 0 saturated carbocycles. The van der Waals surface area contributed by atoms with Gasteiger partial charge in [-0.25, -0.2) is 0 Å². The monoisotopic (exact) mass is 875 g/mol. The minimum Gasteiger partial charge on any atom is -0.310 e. The van der Waals surface area contributed by atoms with Gasteiger partial charge in [0.15, 0.2) is 0 Å². The summed E-state index contributed by atoms with van der Waals surface area (Å²) in [6.07, 6.45) is 0. The van der Waals surface area contributed by atoms with Gasteiger partial charge in [0.05, 0.1) is 5.69 Å². The van der Waals surface area contributed by atoms with E-state index < -0.39 is 0 Å². The molecule has 1 heteroatoms. The fraction of sp³-hybridized carbons (Fsp3) is 0. The van der Waals surface area contributed by atoms with Gasteiger partial charge in [-0.05, 0) is 146 Å². The molecule has 0 aliphatic heterocycles. The molecule has 0 aromatic heterocycles. The third-order valence-electron chi connectivity index (χ3n) is 14.0. The van der Waals surface area contributed by atoms with Crippen molar-refractivity contribution in [2.75, 3.05) is 4.90 Å². The number of hydrogen-bond donors (Lipinski definition) is 0. The zero-order chi connectivity index (χ0) is 45.7. The van der Waals surface area contributed by atoms with Gasteiger partial charge in [-0.15, -0.1) is 0 Å². The lowest BCUT2D eigenvalue weighted by Crippen LogP contribution is -2.11. The molecule has 0 radical (unpaired) electrons. The van der Waals surface area contributed by atoms with E-state index >= 15 is 0 Å². The van der Waals surface area contributed by atoms with E-state index in [9.17, 15) is 0 Å². The highest BCUT2D eigenvalue weighted by atomic mass is 15.1. The maximum atomic E-state index is 2.43. The van der Waals surface area contributed by atoms with E-state index in [1.807, 2.05) is 0 Å². The minimum absolute atomic E-state index is 1.08. The number of nitrogens with zero attached hydrogens (tertiary/aromatic N) is 1. The van der Waals surface area contributed by atoms with Crippen LogP contribution in [0.5, 0.6) is 0 Å². The summed E-state index contributed by atoms with van der Waals surface area (Å²) in [5, 5.41) is 12.5. The second-order valence-corrected chi connectivity index (χ2v) is 18.0. The van der Waals surface area contributed by atoms with Crippen molar-refractivity contribution in [3.63, 3.8) is 0 Å². The molecule has 0 amide bonds. The molecule has 0 saturated heterocycles. The van der Waals surface area contributed by atoms with Crippen LogP contribution in [0.1, 0.15) is 0 Å². The Bertz CT molecular complexity index is 4040. The number of hydrogen-bond acceptors (Lipinski definition) is 1. The van der Waals surface area contributed by atoms with Crippen LogP contribution in [0.15, 0.2) is 273 Å². The Morgan fingerprint density at radius 2 is 0.667 bits per heavy atom. The van der Waals surface area contributed by atoms with Crippen LogP contribution in [0.4, 0.5) is 17.1 Å². The molecular formula is C68H45N. The first-order valence-corrected chi connectivity index (χ1v) is 23.8. The van der Waals surface area contributed by atoms with E-state index in [0.717, 1.165) is 28.2 Å². The van der Waals surface area contributed by atoms with Gasteiger partial charge in [-0.1, -0.05) is 231 Å². The molecular weight excluding hydrogens is 831 g/mol. The second kappa shape index (κ2) is 17.0. The number of fused-ring (bicyclic) bond motifs is 7. The molecule has 0 bridgehead atoms. The predicted molar refractivity (Wildman–Crippen MR) is 296 cm³/mol. The fourth-order valence-corrected chi connectivity index (χ4v) is 10.8. The fourth-order valence-electron chi connectivity index (χ4n) is 10.8. The van der Waals surface area contributed by atoms with Gasteiger partial charge in [0.1, 0.15) is 0 Å². The molecule has 0 spiro atoms. The summed E-state index contributed by atoms with van der Waals surface area (Å²) in [7, 11) is 0. The average Bonchev–Trinajstić information content (AvgIpc) is 3.43. The third-order valence-corrected chi connectivity index (χ3v) is 14.0. The van der Waals surface area contributed by atoms with Gasteiger partial charge in [-0.2, -0.15) is 0 Å². The average molecular weight is 876 g/mol. The molecule has 322 valence electrons.